The molecule has 0 saturated heterocycles. The molecular weight excluding hydrogens is 292 g/mol. The Hall–Kier alpha value is -1.05. The first-order valence-electron chi connectivity index (χ1n) is 6.35. The third-order valence-corrected chi connectivity index (χ3v) is 3.92. The van der Waals surface area contributed by atoms with Gasteiger partial charge in [0.15, 0.2) is 0 Å². The number of aliphatic hydroxyl groups excluding tert-OH is 1. The molecule has 1 aromatic carbocycles. The molecule has 1 fully saturated rings. The first-order valence-corrected chi connectivity index (χ1v) is 7.14. The van der Waals surface area contributed by atoms with Gasteiger partial charge in [-0.05, 0) is 31.0 Å². The van der Waals surface area contributed by atoms with Crippen molar-refractivity contribution in [1.29, 1.82) is 5.26 Å². The van der Waals surface area contributed by atoms with E-state index in [2.05, 4.69) is 27.3 Å². The van der Waals surface area contributed by atoms with Gasteiger partial charge < -0.3 is 10.4 Å². The van der Waals surface area contributed by atoms with Gasteiger partial charge in [0.1, 0.15) is 6.07 Å². The largest absolute Gasteiger partial charge is 0.391 e. The second-order valence-electron chi connectivity index (χ2n) is 4.76. The number of nitrogens with zero attached hydrogens (tertiary/aromatic N) is 1. The fourth-order valence-corrected chi connectivity index (χ4v) is 2.75. The number of anilines is 1. The molecule has 2 N–H and O–H groups in total. The molecule has 1 aliphatic rings. The van der Waals surface area contributed by atoms with Crippen LogP contribution in [0.3, 0.4) is 0 Å². The molecule has 4 heteroatoms. The van der Waals surface area contributed by atoms with Crippen LogP contribution in [0.2, 0.25) is 0 Å². The lowest BCUT2D eigenvalue weighted by Gasteiger charge is -2.23. The second-order valence-corrected chi connectivity index (χ2v) is 5.67. The summed E-state index contributed by atoms with van der Waals surface area (Å²) in [5.74, 6) is 0. The van der Waals surface area contributed by atoms with Crippen LogP contribution in [0, 0.1) is 11.3 Å². The van der Waals surface area contributed by atoms with Gasteiger partial charge in [-0.3, -0.25) is 0 Å². The Bertz CT molecular complexity index is 456. The Morgan fingerprint density at radius 2 is 2.06 bits per heavy atom. The Kier molecular flexibility index (Phi) is 4.62. The molecule has 96 valence electrons. The summed E-state index contributed by atoms with van der Waals surface area (Å²) < 4.78 is 0.894. The molecule has 3 nitrogen and oxygen atoms in total. The normalized spacial score (nSPS) is 24.1. The second kappa shape index (κ2) is 6.21. The van der Waals surface area contributed by atoms with Gasteiger partial charge in [-0.2, -0.15) is 5.26 Å². The summed E-state index contributed by atoms with van der Waals surface area (Å²) in [5.41, 5.74) is 1.42. The van der Waals surface area contributed by atoms with E-state index in [0.29, 0.717) is 5.56 Å². The Balaban J connectivity index is 2.15. The van der Waals surface area contributed by atoms with Gasteiger partial charge in [0, 0.05) is 4.47 Å². The van der Waals surface area contributed by atoms with Gasteiger partial charge in [0.2, 0.25) is 0 Å². The van der Waals surface area contributed by atoms with E-state index in [-0.39, 0.29) is 12.1 Å². The molecule has 0 spiro atoms. The number of rotatable bonds is 2. The van der Waals surface area contributed by atoms with E-state index in [4.69, 9.17) is 5.26 Å². The number of nitrogens with one attached hydrogen (secondary N) is 1. The van der Waals surface area contributed by atoms with Crippen LogP contribution < -0.4 is 5.32 Å². The number of hydrogen-bond acceptors (Lipinski definition) is 3. The molecule has 0 amide bonds. The summed E-state index contributed by atoms with van der Waals surface area (Å²) >= 11 is 3.36. The molecule has 1 aromatic rings. The molecule has 0 aromatic heterocycles. The van der Waals surface area contributed by atoms with Crippen molar-refractivity contribution in [3.8, 4) is 6.07 Å². The molecule has 0 bridgehead atoms. The molecule has 0 heterocycles. The van der Waals surface area contributed by atoms with Crippen molar-refractivity contribution in [2.75, 3.05) is 5.32 Å². The van der Waals surface area contributed by atoms with Crippen LogP contribution in [0.25, 0.3) is 0 Å². The van der Waals surface area contributed by atoms with Gasteiger partial charge in [0.05, 0.1) is 23.4 Å². The van der Waals surface area contributed by atoms with Crippen LogP contribution >= 0.6 is 15.9 Å². The first kappa shape index (κ1) is 13.4. The molecule has 1 saturated carbocycles. The van der Waals surface area contributed by atoms with Gasteiger partial charge >= 0.3 is 0 Å². The predicted molar refractivity (Wildman–Crippen MR) is 75.4 cm³/mol. The van der Waals surface area contributed by atoms with Gasteiger partial charge in [-0.25, -0.2) is 0 Å². The van der Waals surface area contributed by atoms with Crippen LogP contribution in [0.15, 0.2) is 22.7 Å². The Labute approximate surface area is 116 Å². The zero-order chi connectivity index (χ0) is 13.0. The van der Waals surface area contributed by atoms with E-state index in [9.17, 15) is 5.11 Å². The van der Waals surface area contributed by atoms with Crippen molar-refractivity contribution in [3.05, 3.63) is 28.2 Å². The van der Waals surface area contributed by atoms with E-state index in [1.54, 1.807) is 6.07 Å². The molecule has 18 heavy (non-hydrogen) atoms. The number of aliphatic hydroxyl groups is 1. The number of nitriles is 1. The predicted octanol–water partition coefficient (Wildman–Crippen LogP) is 3.43. The molecule has 0 radical (unpaired) electrons. The summed E-state index contributed by atoms with van der Waals surface area (Å²) in [6, 6.07) is 7.83. The average molecular weight is 309 g/mol. The van der Waals surface area contributed by atoms with E-state index in [1.165, 1.54) is 6.42 Å². The van der Waals surface area contributed by atoms with Crippen LogP contribution in [0.4, 0.5) is 5.69 Å². The van der Waals surface area contributed by atoms with Gasteiger partial charge in [0.25, 0.3) is 0 Å². The van der Waals surface area contributed by atoms with Crippen molar-refractivity contribution in [2.24, 2.45) is 0 Å². The molecule has 0 aliphatic heterocycles. The minimum absolute atomic E-state index is 0.0563. The highest BCUT2D eigenvalue weighted by molar-refractivity contribution is 9.10. The SMILES string of the molecule is N#Cc1cc(Br)ccc1NC1CCCCCC1O. The number of benzene rings is 1. The number of hydrogen-bond donors (Lipinski definition) is 2. The standard InChI is InChI=1S/C14H17BrN2O/c15-11-6-7-12(10(8-11)9-16)17-13-4-2-1-3-5-14(13)18/h6-8,13-14,17-18H,1-5H2. The Morgan fingerprint density at radius 1 is 1.28 bits per heavy atom. The van der Waals surface area contributed by atoms with Crippen LogP contribution in [-0.4, -0.2) is 17.3 Å². The fourth-order valence-electron chi connectivity index (χ4n) is 2.39. The Morgan fingerprint density at radius 3 is 2.83 bits per heavy atom. The van der Waals surface area contributed by atoms with E-state index in [1.807, 2.05) is 12.1 Å². The lowest BCUT2D eigenvalue weighted by Crippen LogP contribution is -2.32. The summed E-state index contributed by atoms with van der Waals surface area (Å²) in [4.78, 5) is 0. The fraction of sp³-hybridized carbons (Fsp3) is 0.500. The summed E-state index contributed by atoms with van der Waals surface area (Å²) in [6.07, 6.45) is 4.89. The smallest absolute Gasteiger partial charge is 0.101 e. The molecule has 2 rings (SSSR count). The van der Waals surface area contributed by atoms with Crippen LogP contribution in [-0.2, 0) is 0 Å². The van der Waals surface area contributed by atoms with Gasteiger partial charge in [-0.1, -0.05) is 35.2 Å². The van der Waals surface area contributed by atoms with Crippen molar-refractivity contribution in [2.45, 2.75) is 44.2 Å². The minimum atomic E-state index is -0.317. The number of halogens is 1. The highest BCUT2D eigenvalue weighted by Gasteiger charge is 2.22. The maximum Gasteiger partial charge on any atom is 0.101 e. The van der Waals surface area contributed by atoms with Crippen molar-refractivity contribution in [1.82, 2.24) is 0 Å². The van der Waals surface area contributed by atoms with Crippen molar-refractivity contribution >= 4 is 21.6 Å². The van der Waals surface area contributed by atoms with E-state index < -0.39 is 0 Å². The monoisotopic (exact) mass is 308 g/mol. The molecule has 2 unspecified atom stereocenters. The van der Waals surface area contributed by atoms with Crippen LogP contribution in [0.5, 0.6) is 0 Å². The zero-order valence-electron chi connectivity index (χ0n) is 10.2. The molecule has 1 aliphatic carbocycles. The lowest BCUT2D eigenvalue weighted by atomic mass is 10.0. The third kappa shape index (κ3) is 3.24. The summed E-state index contributed by atoms with van der Waals surface area (Å²) in [5, 5.41) is 22.5. The highest BCUT2D eigenvalue weighted by atomic mass is 79.9. The summed E-state index contributed by atoms with van der Waals surface area (Å²) in [7, 11) is 0. The third-order valence-electron chi connectivity index (χ3n) is 3.42. The maximum atomic E-state index is 10.1. The average Bonchev–Trinajstić information content (AvgIpc) is 2.57. The zero-order valence-corrected chi connectivity index (χ0v) is 11.8. The topological polar surface area (TPSA) is 56.0 Å². The lowest BCUT2D eigenvalue weighted by molar-refractivity contribution is 0.144. The maximum absolute atomic E-state index is 10.1. The van der Waals surface area contributed by atoms with Crippen molar-refractivity contribution < 1.29 is 5.11 Å². The van der Waals surface area contributed by atoms with Gasteiger partial charge in [-0.15, -0.1) is 0 Å². The van der Waals surface area contributed by atoms with Crippen LogP contribution in [0.1, 0.15) is 37.7 Å². The molecule has 2 atom stereocenters. The molecular formula is C14H17BrN2O. The quantitative estimate of drug-likeness (QED) is 0.823. The minimum Gasteiger partial charge on any atom is -0.391 e. The van der Waals surface area contributed by atoms with E-state index in [0.717, 1.165) is 35.8 Å². The summed E-state index contributed by atoms with van der Waals surface area (Å²) in [6.45, 7) is 0. The first-order chi connectivity index (χ1) is 8.70. The van der Waals surface area contributed by atoms with Crippen molar-refractivity contribution in [3.63, 3.8) is 0 Å². The van der Waals surface area contributed by atoms with E-state index >= 15 is 0 Å². The highest BCUT2D eigenvalue weighted by Crippen LogP contribution is 2.25.